The molecule has 92 valence electrons. The molecule has 1 fully saturated rings. The van der Waals surface area contributed by atoms with Crippen LogP contribution in [0.5, 0.6) is 0 Å². The zero-order chi connectivity index (χ0) is 11.5. The van der Waals surface area contributed by atoms with Crippen LogP contribution in [-0.2, 0) is 0 Å². The molecular formula is C11H22N4S. The van der Waals surface area contributed by atoms with Gasteiger partial charge >= 0.3 is 0 Å². The summed E-state index contributed by atoms with van der Waals surface area (Å²) in [5.41, 5.74) is 3.44. The molecule has 0 saturated carbocycles. The quantitative estimate of drug-likeness (QED) is 0.778. The summed E-state index contributed by atoms with van der Waals surface area (Å²) < 4.78 is 0. The molecule has 2 rings (SSSR count). The highest BCUT2D eigenvalue weighted by Gasteiger charge is 2.23. The zero-order valence-corrected chi connectivity index (χ0v) is 11.3. The second kappa shape index (κ2) is 5.38. The van der Waals surface area contributed by atoms with Gasteiger partial charge < -0.3 is 4.90 Å². The molecule has 2 aliphatic heterocycles. The van der Waals surface area contributed by atoms with Gasteiger partial charge in [-0.05, 0) is 13.0 Å². The van der Waals surface area contributed by atoms with Gasteiger partial charge in [-0.1, -0.05) is 25.6 Å². The number of rotatable bonds is 2. The minimum Gasteiger partial charge on any atom is -0.304 e. The summed E-state index contributed by atoms with van der Waals surface area (Å²) in [6.45, 7) is 8.93. The Labute approximate surface area is 102 Å². The van der Waals surface area contributed by atoms with Crippen molar-refractivity contribution in [3.8, 4) is 0 Å². The van der Waals surface area contributed by atoms with Gasteiger partial charge in [0, 0.05) is 31.9 Å². The summed E-state index contributed by atoms with van der Waals surface area (Å²) in [5, 5.41) is 3.40. The van der Waals surface area contributed by atoms with Crippen molar-refractivity contribution >= 4 is 16.9 Å². The first-order chi connectivity index (χ1) is 7.65. The van der Waals surface area contributed by atoms with Crippen molar-refractivity contribution in [2.75, 3.05) is 39.0 Å². The number of hydrazine groups is 1. The van der Waals surface area contributed by atoms with Gasteiger partial charge in [0.05, 0.1) is 6.04 Å². The second-order valence-electron chi connectivity index (χ2n) is 4.96. The van der Waals surface area contributed by atoms with Gasteiger partial charge in [-0.15, -0.1) is 0 Å². The van der Waals surface area contributed by atoms with E-state index in [0.29, 0.717) is 12.0 Å². The monoisotopic (exact) mass is 242 g/mol. The molecule has 1 unspecified atom stereocenters. The molecule has 0 aromatic carbocycles. The Morgan fingerprint density at radius 1 is 1.31 bits per heavy atom. The molecule has 1 N–H and O–H groups in total. The molecule has 0 aromatic rings. The van der Waals surface area contributed by atoms with E-state index in [2.05, 4.69) is 36.2 Å². The predicted octanol–water partition coefficient (Wildman–Crippen LogP) is 0.866. The van der Waals surface area contributed by atoms with Crippen LogP contribution >= 0.6 is 11.8 Å². The van der Waals surface area contributed by atoms with Crippen molar-refractivity contribution in [3.63, 3.8) is 0 Å². The van der Waals surface area contributed by atoms with E-state index in [1.54, 1.807) is 0 Å². The average molecular weight is 242 g/mol. The van der Waals surface area contributed by atoms with Crippen molar-refractivity contribution in [3.05, 3.63) is 0 Å². The summed E-state index contributed by atoms with van der Waals surface area (Å²) in [5.74, 6) is 1.78. The minimum atomic E-state index is 0.500. The lowest BCUT2D eigenvalue weighted by Crippen LogP contribution is -2.51. The van der Waals surface area contributed by atoms with Crippen molar-refractivity contribution in [2.45, 2.75) is 19.9 Å². The Balaban J connectivity index is 1.80. The Kier molecular flexibility index (Phi) is 4.10. The molecule has 0 aromatic heterocycles. The summed E-state index contributed by atoms with van der Waals surface area (Å²) in [4.78, 5) is 7.07. The van der Waals surface area contributed by atoms with Gasteiger partial charge in [0.15, 0.2) is 5.17 Å². The molecule has 1 atom stereocenters. The maximum Gasteiger partial charge on any atom is 0.171 e. The summed E-state index contributed by atoms with van der Waals surface area (Å²) in [7, 11) is 2.17. The molecule has 0 radical (unpaired) electrons. The fraction of sp³-hybridized carbons (Fsp3) is 0.909. The number of amidine groups is 1. The summed E-state index contributed by atoms with van der Waals surface area (Å²) in [6, 6.07) is 0.500. The van der Waals surface area contributed by atoms with Crippen LogP contribution in [0.3, 0.4) is 0 Å². The molecule has 0 amide bonds. The van der Waals surface area contributed by atoms with Gasteiger partial charge in [-0.2, -0.15) is 0 Å². The van der Waals surface area contributed by atoms with Crippen LogP contribution < -0.4 is 5.43 Å². The number of nitrogens with zero attached hydrogens (tertiary/aromatic N) is 3. The Bertz CT molecular complexity index is 259. The lowest BCUT2D eigenvalue weighted by Gasteiger charge is -2.32. The van der Waals surface area contributed by atoms with E-state index in [9.17, 15) is 0 Å². The highest BCUT2D eigenvalue weighted by molar-refractivity contribution is 8.14. The average Bonchev–Trinajstić information content (AvgIpc) is 2.70. The van der Waals surface area contributed by atoms with Crippen LogP contribution in [0.4, 0.5) is 0 Å². The van der Waals surface area contributed by atoms with E-state index in [1.165, 1.54) is 0 Å². The van der Waals surface area contributed by atoms with E-state index in [4.69, 9.17) is 4.99 Å². The number of likely N-dealkylation sites (N-methyl/N-ethyl adjacent to an activating group) is 1. The Morgan fingerprint density at radius 3 is 2.56 bits per heavy atom. The Hall–Kier alpha value is -0.260. The SMILES string of the molecule is CC(C)C1CSC(NN2CCN(C)CC2)=N1. The Morgan fingerprint density at radius 2 is 2.00 bits per heavy atom. The van der Waals surface area contributed by atoms with Crippen LogP contribution in [-0.4, -0.2) is 60.1 Å². The first kappa shape index (κ1) is 12.2. The standard InChI is InChI=1S/C11H22N4S/c1-9(2)10-8-16-11(12-10)13-15-6-4-14(3)5-7-15/h9-10H,4-8H2,1-3H3,(H,12,13). The highest BCUT2D eigenvalue weighted by atomic mass is 32.2. The van der Waals surface area contributed by atoms with E-state index in [-0.39, 0.29) is 0 Å². The molecule has 2 heterocycles. The number of nitrogens with one attached hydrogen (secondary N) is 1. The maximum atomic E-state index is 4.71. The van der Waals surface area contributed by atoms with E-state index < -0.39 is 0 Å². The molecule has 5 heteroatoms. The first-order valence-corrected chi connectivity index (χ1v) is 7.04. The van der Waals surface area contributed by atoms with Crippen LogP contribution in [0.25, 0.3) is 0 Å². The number of hydrogen-bond donors (Lipinski definition) is 1. The highest BCUT2D eigenvalue weighted by Crippen LogP contribution is 2.22. The van der Waals surface area contributed by atoms with E-state index in [0.717, 1.165) is 37.1 Å². The van der Waals surface area contributed by atoms with Crippen molar-refractivity contribution < 1.29 is 0 Å². The fourth-order valence-corrected chi connectivity index (χ4v) is 3.04. The predicted molar refractivity (Wildman–Crippen MR) is 70.7 cm³/mol. The molecule has 16 heavy (non-hydrogen) atoms. The van der Waals surface area contributed by atoms with Crippen molar-refractivity contribution in [2.24, 2.45) is 10.9 Å². The van der Waals surface area contributed by atoms with E-state index >= 15 is 0 Å². The third kappa shape index (κ3) is 3.12. The molecule has 0 bridgehead atoms. The largest absolute Gasteiger partial charge is 0.304 e. The van der Waals surface area contributed by atoms with Crippen LogP contribution in [0.15, 0.2) is 4.99 Å². The van der Waals surface area contributed by atoms with Crippen LogP contribution in [0.2, 0.25) is 0 Å². The van der Waals surface area contributed by atoms with Gasteiger partial charge in [-0.25, -0.2) is 5.01 Å². The van der Waals surface area contributed by atoms with Crippen molar-refractivity contribution in [1.29, 1.82) is 0 Å². The van der Waals surface area contributed by atoms with Crippen LogP contribution in [0, 0.1) is 5.92 Å². The molecule has 0 spiro atoms. The number of piperazine rings is 1. The number of hydrogen-bond acceptors (Lipinski definition) is 5. The second-order valence-corrected chi connectivity index (χ2v) is 5.97. The topological polar surface area (TPSA) is 30.9 Å². The molecule has 0 aliphatic carbocycles. The molecular weight excluding hydrogens is 220 g/mol. The zero-order valence-electron chi connectivity index (χ0n) is 10.4. The van der Waals surface area contributed by atoms with Gasteiger partial charge in [-0.3, -0.25) is 10.4 Å². The molecule has 4 nitrogen and oxygen atoms in total. The smallest absolute Gasteiger partial charge is 0.171 e. The lowest BCUT2D eigenvalue weighted by atomic mass is 10.1. The summed E-state index contributed by atoms with van der Waals surface area (Å²) in [6.07, 6.45) is 0. The van der Waals surface area contributed by atoms with Crippen molar-refractivity contribution in [1.82, 2.24) is 15.3 Å². The van der Waals surface area contributed by atoms with E-state index in [1.807, 2.05) is 11.8 Å². The number of aliphatic imine (C=N–C) groups is 1. The third-order valence-corrected chi connectivity index (χ3v) is 4.18. The molecule has 1 saturated heterocycles. The van der Waals surface area contributed by atoms with Crippen LogP contribution in [0.1, 0.15) is 13.8 Å². The molecule has 2 aliphatic rings. The van der Waals surface area contributed by atoms with Gasteiger partial charge in [0.1, 0.15) is 0 Å². The maximum absolute atomic E-state index is 4.71. The lowest BCUT2D eigenvalue weighted by molar-refractivity contribution is 0.132. The first-order valence-electron chi connectivity index (χ1n) is 6.06. The van der Waals surface area contributed by atoms with Gasteiger partial charge in [0.2, 0.25) is 0 Å². The normalized spacial score (nSPS) is 28.5. The summed E-state index contributed by atoms with van der Waals surface area (Å²) >= 11 is 1.86. The fourth-order valence-electron chi connectivity index (χ4n) is 1.85. The number of thioether (sulfide) groups is 1. The minimum absolute atomic E-state index is 0.500. The van der Waals surface area contributed by atoms with Gasteiger partial charge in [0.25, 0.3) is 0 Å². The third-order valence-electron chi connectivity index (χ3n) is 3.20.